The number of rotatable bonds is 6. The van der Waals surface area contributed by atoms with Gasteiger partial charge in [0, 0.05) is 41.8 Å². The number of nitrogens with zero attached hydrogens (tertiary/aromatic N) is 2. The molecule has 2 N–H and O–H groups in total. The van der Waals surface area contributed by atoms with Crippen LogP contribution in [0.15, 0.2) is 85.2 Å². The molecule has 0 saturated carbocycles. The van der Waals surface area contributed by atoms with Gasteiger partial charge in [0.1, 0.15) is 0 Å². The van der Waals surface area contributed by atoms with Gasteiger partial charge in [0.15, 0.2) is 11.5 Å². The fourth-order valence-electron chi connectivity index (χ4n) is 3.34. The summed E-state index contributed by atoms with van der Waals surface area (Å²) in [5.41, 5.74) is 4.16. The third-order valence-corrected chi connectivity index (χ3v) is 5.06. The van der Waals surface area contributed by atoms with Crippen LogP contribution in [-0.2, 0) is 6.54 Å². The van der Waals surface area contributed by atoms with Gasteiger partial charge in [-0.05, 0) is 35.4 Å². The van der Waals surface area contributed by atoms with Crippen molar-refractivity contribution in [2.45, 2.75) is 6.54 Å². The summed E-state index contributed by atoms with van der Waals surface area (Å²) < 4.78 is 10.6. The van der Waals surface area contributed by atoms with Crippen molar-refractivity contribution in [2.24, 2.45) is 0 Å². The topological polar surface area (TPSA) is 85.4 Å². The second-order valence-corrected chi connectivity index (χ2v) is 7.23. The van der Waals surface area contributed by atoms with E-state index in [2.05, 4.69) is 20.6 Å². The van der Waals surface area contributed by atoms with Gasteiger partial charge in [0.2, 0.25) is 12.7 Å². The maximum Gasteiger partial charge on any atom is 0.255 e. The van der Waals surface area contributed by atoms with Crippen LogP contribution in [0.3, 0.4) is 0 Å². The summed E-state index contributed by atoms with van der Waals surface area (Å²) in [7, 11) is 0. The van der Waals surface area contributed by atoms with Crippen LogP contribution in [0, 0.1) is 0 Å². The fourth-order valence-corrected chi connectivity index (χ4v) is 3.34. The Bertz CT molecular complexity index is 1230. The highest BCUT2D eigenvalue weighted by Gasteiger charge is 2.14. The zero-order valence-corrected chi connectivity index (χ0v) is 17.1. The van der Waals surface area contributed by atoms with Gasteiger partial charge in [-0.1, -0.05) is 42.5 Å². The number of ether oxygens (including phenoxy) is 2. The molecule has 1 aliphatic rings. The van der Waals surface area contributed by atoms with Gasteiger partial charge in [0.25, 0.3) is 5.91 Å². The number of aromatic nitrogens is 2. The fraction of sp³-hybridized carbons (Fsp3) is 0.0800. The first kappa shape index (κ1) is 19.6. The Morgan fingerprint density at radius 3 is 2.38 bits per heavy atom. The summed E-state index contributed by atoms with van der Waals surface area (Å²) in [4.78, 5) is 21.4. The molecule has 158 valence electrons. The number of benzene rings is 3. The Hall–Kier alpha value is -4.39. The van der Waals surface area contributed by atoms with Gasteiger partial charge in [-0.15, -0.1) is 0 Å². The highest BCUT2D eigenvalue weighted by Crippen LogP contribution is 2.34. The molecule has 4 aromatic rings. The standard InChI is InChI=1S/C25H20N4O3/c30-24(29-21-10-11-22-23(12-21)32-16-31-22)19-8-6-18(7-9-19)20-14-27-25(28-15-20)26-13-17-4-2-1-3-5-17/h1-12,14-15H,13,16H2,(H,29,30)(H,26,27,28). The van der Waals surface area contributed by atoms with Crippen molar-refractivity contribution >= 4 is 17.5 Å². The number of hydrogen-bond acceptors (Lipinski definition) is 6. The van der Waals surface area contributed by atoms with Crippen molar-refractivity contribution in [3.8, 4) is 22.6 Å². The molecule has 5 rings (SSSR count). The van der Waals surface area contributed by atoms with Gasteiger partial charge in [-0.25, -0.2) is 9.97 Å². The van der Waals surface area contributed by atoms with E-state index in [1.807, 2.05) is 42.5 Å². The van der Waals surface area contributed by atoms with Crippen molar-refractivity contribution in [1.29, 1.82) is 0 Å². The Morgan fingerprint density at radius 1 is 0.844 bits per heavy atom. The summed E-state index contributed by atoms with van der Waals surface area (Å²) in [6, 6.07) is 22.7. The maximum atomic E-state index is 12.6. The van der Waals surface area contributed by atoms with Crippen LogP contribution >= 0.6 is 0 Å². The predicted octanol–water partition coefficient (Wildman–Crippen LogP) is 4.74. The number of carbonyl (C=O) groups is 1. The number of carbonyl (C=O) groups excluding carboxylic acids is 1. The first-order chi connectivity index (χ1) is 15.7. The predicted molar refractivity (Wildman–Crippen MR) is 122 cm³/mol. The summed E-state index contributed by atoms with van der Waals surface area (Å²) in [5, 5.41) is 6.09. The van der Waals surface area contributed by atoms with Gasteiger partial charge in [0.05, 0.1) is 0 Å². The highest BCUT2D eigenvalue weighted by molar-refractivity contribution is 6.04. The Kier molecular flexibility index (Phi) is 5.36. The van der Waals surface area contributed by atoms with E-state index in [-0.39, 0.29) is 12.7 Å². The lowest BCUT2D eigenvalue weighted by atomic mass is 10.1. The quantitative estimate of drug-likeness (QED) is 0.465. The lowest BCUT2D eigenvalue weighted by Crippen LogP contribution is -2.11. The third kappa shape index (κ3) is 4.37. The van der Waals surface area contributed by atoms with Crippen LogP contribution in [0.4, 0.5) is 11.6 Å². The van der Waals surface area contributed by atoms with Gasteiger partial charge in [-0.2, -0.15) is 0 Å². The van der Waals surface area contributed by atoms with Crippen LogP contribution in [-0.4, -0.2) is 22.7 Å². The van der Waals surface area contributed by atoms with Crippen molar-refractivity contribution in [1.82, 2.24) is 9.97 Å². The molecule has 7 heteroatoms. The van der Waals surface area contributed by atoms with E-state index < -0.39 is 0 Å². The molecule has 0 unspecified atom stereocenters. The molecule has 7 nitrogen and oxygen atoms in total. The van der Waals surface area contributed by atoms with Crippen molar-refractivity contribution in [3.05, 3.63) is 96.3 Å². The van der Waals surface area contributed by atoms with Crippen molar-refractivity contribution < 1.29 is 14.3 Å². The molecule has 1 amide bonds. The number of anilines is 2. The van der Waals surface area contributed by atoms with E-state index in [0.717, 1.165) is 16.7 Å². The molecule has 0 aliphatic carbocycles. The third-order valence-electron chi connectivity index (χ3n) is 5.06. The summed E-state index contributed by atoms with van der Waals surface area (Å²) in [6.45, 7) is 0.856. The second kappa shape index (κ2) is 8.77. The zero-order chi connectivity index (χ0) is 21.8. The molecule has 0 bridgehead atoms. The summed E-state index contributed by atoms with van der Waals surface area (Å²) in [6.07, 6.45) is 3.53. The minimum Gasteiger partial charge on any atom is -0.454 e. The molecule has 32 heavy (non-hydrogen) atoms. The van der Waals surface area contributed by atoms with E-state index in [1.54, 1.807) is 42.7 Å². The van der Waals surface area contributed by atoms with Crippen molar-refractivity contribution in [3.63, 3.8) is 0 Å². The van der Waals surface area contributed by atoms with E-state index >= 15 is 0 Å². The number of amides is 1. The molecule has 1 aromatic heterocycles. The molecule has 0 atom stereocenters. The monoisotopic (exact) mass is 424 g/mol. The van der Waals surface area contributed by atoms with Crippen LogP contribution in [0.25, 0.3) is 11.1 Å². The van der Waals surface area contributed by atoms with Crippen LogP contribution < -0.4 is 20.1 Å². The average molecular weight is 424 g/mol. The first-order valence-electron chi connectivity index (χ1n) is 10.2. The Balaban J connectivity index is 1.21. The van der Waals surface area contributed by atoms with Crippen LogP contribution in [0.2, 0.25) is 0 Å². The summed E-state index contributed by atoms with van der Waals surface area (Å²) in [5.74, 6) is 1.67. The largest absolute Gasteiger partial charge is 0.454 e. The highest BCUT2D eigenvalue weighted by atomic mass is 16.7. The Morgan fingerprint density at radius 2 is 1.59 bits per heavy atom. The van der Waals surface area contributed by atoms with E-state index in [4.69, 9.17) is 9.47 Å². The molecular formula is C25H20N4O3. The lowest BCUT2D eigenvalue weighted by Gasteiger charge is -2.08. The average Bonchev–Trinajstić information content (AvgIpc) is 3.32. The Labute approximate surface area is 185 Å². The second-order valence-electron chi connectivity index (χ2n) is 7.23. The van der Waals surface area contributed by atoms with Gasteiger partial charge >= 0.3 is 0 Å². The minimum atomic E-state index is -0.202. The van der Waals surface area contributed by atoms with Gasteiger partial charge in [-0.3, -0.25) is 4.79 Å². The molecule has 0 fully saturated rings. The van der Waals surface area contributed by atoms with E-state index in [9.17, 15) is 4.79 Å². The molecule has 3 aromatic carbocycles. The molecule has 2 heterocycles. The van der Waals surface area contributed by atoms with Gasteiger partial charge < -0.3 is 20.1 Å². The van der Waals surface area contributed by atoms with Crippen LogP contribution in [0.1, 0.15) is 15.9 Å². The minimum absolute atomic E-state index is 0.196. The number of hydrogen-bond donors (Lipinski definition) is 2. The number of nitrogens with one attached hydrogen (secondary N) is 2. The van der Waals surface area contributed by atoms with Crippen LogP contribution in [0.5, 0.6) is 11.5 Å². The molecule has 0 saturated heterocycles. The molecule has 0 radical (unpaired) electrons. The lowest BCUT2D eigenvalue weighted by molar-refractivity contribution is 0.102. The SMILES string of the molecule is O=C(Nc1ccc2c(c1)OCO2)c1ccc(-c2cnc(NCc3ccccc3)nc2)cc1. The molecular weight excluding hydrogens is 404 g/mol. The van der Waals surface area contributed by atoms with E-state index in [1.165, 1.54) is 0 Å². The smallest absolute Gasteiger partial charge is 0.255 e. The van der Waals surface area contributed by atoms with E-state index in [0.29, 0.717) is 35.2 Å². The normalized spacial score (nSPS) is 11.8. The summed E-state index contributed by atoms with van der Waals surface area (Å²) >= 11 is 0. The first-order valence-corrected chi connectivity index (χ1v) is 10.2. The number of fused-ring (bicyclic) bond motifs is 1. The zero-order valence-electron chi connectivity index (χ0n) is 17.1. The van der Waals surface area contributed by atoms with Crippen molar-refractivity contribution in [2.75, 3.05) is 17.4 Å². The maximum absolute atomic E-state index is 12.6. The molecule has 1 aliphatic heterocycles. The molecule has 0 spiro atoms.